The second-order valence-electron chi connectivity index (χ2n) is 3.22. The van der Waals surface area contributed by atoms with E-state index in [0.29, 0.717) is 6.04 Å². The number of rotatable bonds is 4. The summed E-state index contributed by atoms with van der Waals surface area (Å²) in [6.07, 6.45) is 3.56. The monoisotopic (exact) mass is 220 g/mol. The van der Waals surface area contributed by atoms with Crippen LogP contribution in [0.2, 0.25) is 0 Å². The minimum absolute atomic E-state index is 0.305. The smallest absolute Gasteiger partial charge is 0.0794 e. The van der Waals surface area contributed by atoms with Crippen LogP contribution in [0.3, 0.4) is 0 Å². The van der Waals surface area contributed by atoms with Gasteiger partial charge in [0.15, 0.2) is 0 Å². The largest absolute Gasteiger partial charge is 0.304 e. The van der Waals surface area contributed by atoms with Crippen LogP contribution < -0.4 is 5.32 Å². The summed E-state index contributed by atoms with van der Waals surface area (Å²) < 4.78 is 0. The molecule has 5 heteroatoms. The van der Waals surface area contributed by atoms with Gasteiger partial charge in [-0.15, -0.1) is 11.3 Å². The van der Waals surface area contributed by atoms with E-state index in [9.17, 15) is 0 Å². The van der Waals surface area contributed by atoms with Gasteiger partial charge < -0.3 is 5.32 Å². The molecule has 4 nitrogen and oxygen atoms in total. The molecule has 2 heterocycles. The van der Waals surface area contributed by atoms with Crippen LogP contribution in [0.1, 0.15) is 23.5 Å². The number of hydrogen-bond donors (Lipinski definition) is 1. The van der Waals surface area contributed by atoms with Crippen LogP contribution in [-0.4, -0.2) is 15.2 Å². The van der Waals surface area contributed by atoms with E-state index in [1.165, 1.54) is 4.88 Å². The Labute approximate surface area is 92.4 Å². The van der Waals surface area contributed by atoms with Gasteiger partial charge in [-0.25, -0.2) is 0 Å². The lowest BCUT2D eigenvalue weighted by atomic mass is 10.3. The zero-order chi connectivity index (χ0) is 10.5. The Hall–Kier alpha value is -1.33. The van der Waals surface area contributed by atoms with Crippen molar-refractivity contribution in [2.75, 3.05) is 0 Å². The van der Waals surface area contributed by atoms with Gasteiger partial charge in [0, 0.05) is 29.9 Å². The molecule has 1 atom stereocenters. The Morgan fingerprint density at radius 1 is 1.53 bits per heavy atom. The lowest BCUT2D eigenvalue weighted by Gasteiger charge is -2.10. The third-order valence-corrected chi connectivity index (χ3v) is 3.05. The molecule has 0 spiro atoms. The van der Waals surface area contributed by atoms with E-state index in [0.717, 1.165) is 12.2 Å². The van der Waals surface area contributed by atoms with E-state index in [1.54, 1.807) is 17.5 Å². The molecule has 0 aliphatic rings. The maximum Gasteiger partial charge on any atom is 0.0794 e. The molecule has 78 valence electrons. The molecule has 0 bridgehead atoms. The second kappa shape index (κ2) is 4.95. The first-order chi connectivity index (χ1) is 7.36. The predicted molar refractivity (Wildman–Crippen MR) is 59.4 cm³/mol. The Balaban J connectivity index is 1.89. The highest BCUT2D eigenvalue weighted by molar-refractivity contribution is 7.09. The molecule has 1 N–H and O–H groups in total. The van der Waals surface area contributed by atoms with E-state index < -0.39 is 0 Å². The first-order valence-electron chi connectivity index (χ1n) is 4.74. The first kappa shape index (κ1) is 10.2. The molecular weight excluding hydrogens is 208 g/mol. The van der Waals surface area contributed by atoms with Crippen molar-refractivity contribution in [2.24, 2.45) is 0 Å². The Morgan fingerprint density at radius 3 is 3.13 bits per heavy atom. The zero-order valence-electron chi connectivity index (χ0n) is 8.42. The van der Waals surface area contributed by atoms with Crippen molar-refractivity contribution in [3.63, 3.8) is 0 Å². The van der Waals surface area contributed by atoms with Crippen LogP contribution >= 0.6 is 11.3 Å². The Bertz CT molecular complexity index is 387. The summed E-state index contributed by atoms with van der Waals surface area (Å²) in [4.78, 5) is 5.28. The van der Waals surface area contributed by atoms with E-state index in [2.05, 4.69) is 27.4 Å². The standard InChI is InChI=1S/C10H12N4S/c1-8(10-6-11-7-15-10)12-5-9-3-2-4-13-14-9/h2-4,6-8,12H,5H2,1H3. The van der Waals surface area contributed by atoms with Gasteiger partial charge in [0.25, 0.3) is 0 Å². The molecule has 0 saturated carbocycles. The maximum atomic E-state index is 4.05. The van der Waals surface area contributed by atoms with E-state index in [-0.39, 0.29) is 0 Å². The number of nitrogens with zero attached hydrogens (tertiary/aromatic N) is 3. The van der Waals surface area contributed by atoms with Crippen molar-refractivity contribution in [1.29, 1.82) is 0 Å². The van der Waals surface area contributed by atoms with Gasteiger partial charge in [-0.05, 0) is 19.1 Å². The van der Waals surface area contributed by atoms with Gasteiger partial charge in [0.2, 0.25) is 0 Å². The number of thiazole rings is 1. The van der Waals surface area contributed by atoms with Crippen LogP contribution in [0.25, 0.3) is 0 Å². The minimum Gasteiger partial charge on any atom is -0.304 e. The van der Waals surface area contributed by atoms with E-state index >= 15 is 0 Å². The molecular formula is C10H12N4S. The van der Waals surface area contributed by atoms with Gasteiger partial charge in [-0.1, -0.05) is 0 Å². The average molecular weight is 220 g/mol. The van der Waals surface area contributed by atoms with Gasteiger partial charge >= 0.3 is 0 Å². The minimum atomic E-state index is 0.305. The molecule has 2 rings (SSSR count). The Morgan fingerprint density at radius 2 is 2.47 bits per heavy atom. The van der Waals surface area contributed by atoms with Gasteiger partial charge in [0.1, 0.15) is 0 Å². The molecule has 0 fully saturated rings. The molecule has 0 aliphatic carbocycles. The summed E-state index contributed by atoms with van der Waals surface area (Å²) in [6.45, 7) is 2.84. The van der Waals surface area contributed by atoms with Crippen molar-refractivity contribution < 1.29 is 0 Å². The third-order valence-electron chi connectivity index (χ3n) is 2.10. The van der Waals surface area contributed by atoms with Crippen molar-refractivity contribution in [2.45, 2.75) is 19.5 Å². The molecule has 0 aromatic carbocycles. The van der Waals surface area contributed by atoms with Gasteiger partial charge in [0.05, 0.1) is 11.2 Å². The number of aromatic nitrogens is 3. The lowest BCUT2D eigenvalue weighted by Crippen LogP contribution is -2.18. The van der Waals surface area contributed by atoms with Crippen molar-refractivity contribution in [3.05, 3.63) is 40.6 Å². The highest BCUT2D eigenvalue weighted by Crippen LogP contribution is 2.16. The van der Waals surface area contributed by atoms with Crippen LogP contribution in [0.15, 0.2) is 30.0 Å². The van der Waals surface area contributed by atoms with Crippen molar-refractivity contribution in [1.82, 2.24) is 20.5 Å². The highest BCUT2D eigenvalue weighted by atomic mass is 32.1. The summed E-state index contributed by atoms with van der Waals surface area (Å²) in [5.41, 5.74) is 2.80. The summed E-state index contributed by atoms with van der Waals surface area (Å²) >= 11 is 1.66. The normalized spacial score (nSPS) is 12.6. The number of hydrogen-bond acceptors (Lipinski definition) is 5. The summed E-state index contributed by atoms with van der Waals surface area (Å²) in [6, 6.07) is 4.15. The zero-order valence-corrected chi connectivity index (χ0v) is 9.24. The van der Waals surface area contributed by atoms with Crippen LogP contribution in [0.4, 0.5) is 0 Å². The molecule has 2 aromatic heterocycles. The summed E-state index contributed by atoms with van der Waals surface area (Å²) in [5.74, 6) is 0. The third kappa shape index (κ3) is 2.81. The predicted octanol–water partition coefficient (Wildman–Crippen LogP) is 1.78. The quantitative estimate of drug-likeness (QED) is 0.853. The molecule has 15 heavy (non-hydrogen) atoms. The van der Waals surface area contributed by atoms with Crippen LogP contribution in [0.5, 0.6) is 0 Å². The van der Waals surface area contributed by atoms with Crippen molar-refractivity contribution in [3.8, 4) is 0 Å². The molecule has 0 saturated heterocycles. The van der Waals surface area contributed by atoms with E-state index in [1.807, 2.05) is 23.8 Å². The molecule has 0 amide bonds. The topological polar surface area (TPSA) is 50.7 Å². The van der Waals surface area contributed by atoms with Gasteiger partial charge in [-0.2, -0.15) is 10.2 Å². The van der Waals surface area contributed by atoms with E-state index in [4.69, 9.17) is 0 Å². The highest BCUT2D eigenvalue weighted by Gasteiger charge is 2.06. The fourth-order valence-electron chi connectivity index (χ4n) is 1.23. The molecule has 0 radical (unpaired) electrons. The molecule has 0 aliphatic heterocycles. The average Bonchev–Trinajstić information content (AvgIpc) is 2.81. The SMILES string of the molecule is CC(NCc1cccnn1)c1cncs1. The van der Waals surface area contributed by atoms with Crippen LogP contribution in [0, 0.1) is 0 Å². The Kier molecular flexibility index (Phi) is 3.37. The summed E-state index contributed by atoms with van der Waals surface area (Å²) in [5, 5.41) is 11.2. The first-order valence-corrected chi connectivity index (χ1v) is 5.62. The maximum absolute atomic E-state index is 4.05. The second-order valence-corrected chi connectivity index (χ2v) is 4.14. The summed E-state index contributed by atoms with van der Waals surface area (Å²) in [7, 11) is 0. The fourth-order valence-corrected chi connectivity index (χ4v) is 1.88. The van der Waals surface area contributed by atoms with Crippen LogP contribution in [-0.2, 0) is 6.54 Å². The number of nitrogens with one attached hydrogen (secondary N) is 1. The fraction of sp³-hybridized carbons (Fsp3) is 0.300. The van der Waals surface area contributed by atoms with Crippen molar-refractivity contribution >= 4 is 11.3 Å². The lowest BCUT2D eigenvalue weighted by molar-refractivity contribution is 0.571. The molecule has 1 unspecified atom stereocenters. The van der Waals surface area contributed by atoms with Gasteiger partial charge in [-0.3, -0.25) is 4.98 Å². The molecule has 2 aromatic rings.